The Hall–Kier alpha value is -3.62. The van der Waals surface area contributed by atoms with Crippen LogP contribution in [0.4, 0.5) is 4.39 Å². The van der Waals surface area contributed by atoms with E-state index >= 15 is 0 Å². The Labute approximate surface area is 152 Å². The highest BCUT2D eigenvalue weighted by Crippen LogP contribution is 2.26. The fraction of sp³-hybridized carbons (Fsp3) is 0.167. The van der Waals surface area contributed by atoms with Gasteiger partial charge in [-0.15, -0.1) is 0 Å². The molecule has 0 bridgehead atoms. The van der Waals surface area contributed by atoms with Crippen LogP contribution in [0, 0.1) is 5.82 Å². The molecule has 1 aromatic carbocycles. The van der Waals surface area contributed by atoms with Gasteiger partial charge in [-0.1, -0.05) is 18.2 Å². The molecule has 3 heterocycles. The average molecular weight is 367 g/mol. The average Bonchev–Trinajstić information content (AvgIpc) is 3.29. The number of hydrogen-bond donors (Lipinski definition) is 0. The van der Waals surface area contributed by atoms with Crippen LogP contribution in [0.3, 0.4) is 0 Å². The van der Waals surface area contributed by atoms with Crippen molar-refractivity contribution in [2.45, 2.75) is 13.5 Å². The number of fused-ring (bicyclic) bond motifs is 1. The van der Waals surface area contributed by atoms with Gasteiger partial charge in [0.1, 0.15) is 5.82 Å². The SMILES string of the molecule is CCOC(=O)c1noc(-c2nn(Cc3ccccc3F)c3ncccc23)n1. The minimum atomic E-state index is -0.680. The van der Waals surface area contributed by atoms with E-state index in [9.17, 15) is 9.18 Å². The maximum Gasteiger partial charge on any atom is 0.379 e. The van der Waals surface area contributed by atoms with E-state index in [1.807, 2.05) is 0 Å². The van der Waals surface area contributed by atoms with E-state index in [4.69, 9.17) is 9.26 Å². The smallest absolute Gasteiger partial charge is 0.379 e. The number of esters is 1. The third-order valence-corrected chi connectivity index (χ3v) is 3.87. The maximum absolute atomic E-state index is 14.0. The first kappa shape index (κ1) is 16.8. The molecule has 9 heteroatoms. The Bertz CT molecular complexity index is 1120. The Balaban J connectivity index is 1.76. The van der Waals surface area contributed by atoms with Gasteiger partial charge >= 0.3 is 5.97 Å². The molecule has 0 unspecified atom stereocenters. The summed E-state index contributed by atoms with van der Waals surface area (Å²) in [5.74, 6) is -1.14. The summed E-state index contributed by atoms with van der Waals surface area (Å²) in [7, 11) is 0. The molecular formula is C18H14FN5O3. The van der Waals surface area contributed by atoms with Crippen LogP contribution in [-0.2, 0) is 11.3 Å². The number of carbonyl (C=O) groups excluding carboxylic acids is 1. The zero-order valence-electron chi connectivity index (χ0n) is 14.3. The van der Waals surface area contributed by atoms with Gasteiger partial charge in [-0.2, -0.15) is 10.1 Å². The summed E-state index contributed by atoms with van der Waals surface area (Å²) in [6.45, 7) is 2.06. The quantitative estimate of drug-likeness (QED) is 0.500. The molecule has 0 atom stereocenters. The van der Waals surface area contributed by atoms with Crippen LogP contribution in [0.1, 0.15) is 23.1 Å². The number of hydrogen-bond acceptors (Lipinski definition) is 7. The van der Waals surface area contributed by atoms with Crippen molar-refractivity contribution < 1.29 is 18.4 Å². The van der Waals surface area contributed by atoms with Crippen molar-refractivity contribution in [3.8, 4) is 11.6 Å². The van der Waals surface area contributed by atoms with Gasteiger partial charge in [0.05, 0.1) is 18.5 Å². The maximum atomic E-state index is 14.0. The van der Waals surface area contributed by atoms with Crippen molar-refractivity contribution in [2.75, 3.05) is 6.61 Å². The lowest BCUT2D eigenvalue weighted by Crippen LogP contribution is -2.06. The lowest BCUT2D eigenvalue weighted by Gasteiger charge is -2.04. The van der Waals surface area contributed by atoms with Crippen molar-refractivity contribution >= 4 is 17.0 Å². The first-order chi connectivity index (χ1) is 13.2. The van der Waals surface area contributed by atoms with Crippen LogP contribution in [-0.4, -0.2) is 37.5 Å². The van der Waals surface area contributed by atoms with E-state index in [-0.39, 0.29) is 30.7 Å². The molecule has 0 aliphatic heterocycles. The fourth-order valence-corrected chi connectivity index (χ4v) is 2.66. The minimum absolute atomic E-state index is 0.0586. The number of ether oxygens (including phenoxy) is 1. The van der Waals surface area contributed by atoms with Gasteiger partial charge in [0.15, 0.2) is 11.3 Å². The highest BCUT2D eigenvalue weighted by Gasteiger charge is 2.22. The molecule has 0 aliphatic carbocycles. The Morgan fingerprint density at radius 3 is 2.93 bits per heavy atom. The molecule has 0 amide bonds. The summed E-state index contributed by atoms with van der Waals surface area (Å²) < 4.78 is 25.6. The predicted octanol–water partition coefficient (Wildman–Crippen LogP) is 2.85. The molecule has 0 spiro atoms. The molecule has 0 saturated carbocycles. The van der Waals surface area contributed by atoms with Crippen LogP contribution >= 0.6 is 0 Å². The third-order valence-electron chi connectivity index (χ3n) is 3.87. The molecule has 136 valence electrons. The molecule has 0 fully saturated rings. The number of halogens is 1. The fourth-order valence-electron chi connectivity index (χ4n) is 2.66. The van der Waals surface area contributed by atoms with E-state index in [0.29, 0.717) is 22.3 Å². The van der Waals surface area contributed by atoms with Crippen LogP contribution in [0.15, 0.2) is 47.1 Å². The zero-order chi connectivity index (χ0) is 18.8. The van der Waals surface area contributed by atoms with Gasteiger partial charge in [-0.25, -0.2) is 18.9 Å². The predicted molar refractivity (Wildman–Crippen MR) is 92.3 cm³/mol. The van der Waals surface area contributed by atoms with Gasteiger partial charge in [-0.05, 0) is 30.3 Å². The molecule has 0 radical (unpaired) electrons. The molecule has 4 aromatic rings. The second-order valence-electron chi connectivity index (χ2n) is 5.62. The summed E-state index contributed by atoms with van der Waals surface area (Å²) in [6, 6.07) is 9.97. The normalized spacial score (nSPS) is 11.0. The van der Waals surface area contributed by atoms with Crippen molar-refractivity contribution in [1.29, 1.82) is 0 Å². The molecule has 8 nitrogen and oxygen atoms in total. The standard InChI is InChI=1S/C18H14FN5O3/c1-2-26-18(25)15-21-17(27-23-15)14-12-7-5-9-20-16(12)24(22-14)10-11-6-3-4-8-13(11)19/h3-9H,2,10H2,1H3. The highest BCUT2D eigenvalue weighted by atomic mass is 19.1. The molecule has 0 aliphatic rings. The van der Waals surface area contributed by atoms with Gasteiger partial charge in [0, 0.05) is 11.8 Å². The number of benzene rings is 1. The van der Waals surface area contributed by atoms with Gasteiger partial charge in [0.25, 0.3) is 11.7 Å². The molecule has 4 rings (SSSR count). The van der Waals surface area contributed by atoms with E-state index in [1.54, 1.807) is 48.1 Å². The molecule has 3 aromatic heterocycles. The van der Waals surface area contributed by atoms with Crippen molar-refractivity contribution in [1.82, 2.24) is 24.9 Å². The van der Waals surface area contributed by atoms with Crippen LogP contribution in [0.25, 0.3) is 22.6 Å². The second kappa shape index (κ2) is 6.94. The van der Waals surface area contributed by atoms with Gasteiger partial charge in [0.2, 0.25) is 0 Å². The summed E-state index contributed by atoms with van der Waals surface area (Å²) in [4.78, 5) is 20.1. The third kappa shape index (κ3) is 3.14. The van der Waals surface area contributed by atoms with E-state index in [1.165, 1.54) is 6.07 Å². The topological polar surface area (TPSA) is 95.9 Å². The zero-order valence-corrected chi connectivity index (χ0v) is 14.3. The largest absolute Gasteiger partial charge is 0.460 e. The van der Waals surface area contributed by atoms with E-state index < -0.39 is 5.97 Å². The number of nitrogens with zero attached hydrogens (tertiary/aromatic N) is 5. The first-order valence-electron chi connectivity index (χ1n) is 8.23. The molecular weight excluding hydrogens is 353 g/mol. The lowest BCUT2D eigenvalue weighted by atomic mass is 10.2. The number of rotatable bonds is 5. The summed E-state index contributed by atoms with van der Waals surface area (Å²) >= 11 is 0. The monoisotopic (exact) mass is 367 g/mol. The van der Waals surface area contributed by atoms with Gasteiger partial charge < -0.3 is 9.26 Å². The Kier molecular flexibility index (Phi) is 4.33. The lowest BCUT2D eigenvalue weighted by molar-refractivity contribution is 0.0508. The molecule has 27 heavy (non-hydrogen) atoms. The van der Waals surface area contributed by atoms with Crippen LogP contribution in [0.2, 0.25) is 0 Å². The van der Waals surface area contributed by atoms with E-state index in [2.05, 4.69) is 20.2 Å². The minimum Gasteiger partial charge on any atom is -0.460 e. The van der Waals surface area contributed by atoms with Crippen LogP contribution < -0.4 is 0 Å². The highest BCUT2D eigenvalue weighted by molar-refractivity contribution is 5.90. The van der Waals surface area contributed by atoms with Gasteiger partial charge in [-0.3, -0.25) is 0 Å². The van der Waals surface area contributed by atoms with Crippen molar-refractivity contribution in [3.63, 3.8) is 0 Å². The Morgan fingerprint density at radius 1 is 1.26 bits per heavy atom. The summed E-state index contributed by atoms with van der Waals surface area (Å²) in [5, 5.41) is 8.73. The number of aromatic nitrogens is 5. The first-order valence-corrected chi connectivity index (χ1v) is 8.23. The summed E-state index contributed by atoms with van der Waals surface area (Å²) in [6.07, 6.45) is 1.61. The number of carbonyl (C=O) groups is 1. The molecule has 0 saturated heterocycles. The van der Waals surface area contributed by atoms with Crippen molar-refractivity contribution in [2.24, 2.45) is 0 Å². The summed E-state index contributed by atoms with van der Waals surface area (Å²) in [5.41, 5.74) is 1.36. The molecule has 0 N–H and O–H groups in total. The van der Waals surface area contributed by atoms with E-state index in [0.717, 1.165) is 0 Å². The number of pyridine rings is 1. The van der Waals surface area contributed by atoms with Crippen LogP contribution in [0.5, 0.6) is 0 Å². The Morgan fingerprint density at radius 2 is 2.11 bits per heavy atom. The second-order valence-corrected chi connectivity index (χ2v) is 5.62. The van der Waals surface area contributed by atoms with Crippen molar-refractivity contribution in [3.05, 3.63) is 59.8 Å².